The lowest BCUT2D eigenvalue weighted by atomic mass is 10.0. The lowest BCUT2D eigenvalue weighted by molar-refractivity contribution is 0.201. The summed E-state index contributed by atoms with van der Waals surface area (Å²) in [7, 11) is 2.07. The van der Waals surface area contributed by atoms with Crippen molar-refractivity contribution in [3.8, 4) is 10.6 Å². The summed E-state index contributed by atoms with van der Waals surface area (Å²) in [6.07, 6.45) is 5.50. The first-order chi connectivity index (χ1) is 13.2. The van der Waals surface area contributed by atoms with Crippen LogP contribution in [-0.4, -0.2) is 46.0 Å². The van der Waals surface area contributed by atoms with Crippen molar-refractivity contribution in [1.29, 1.82) is 0 Å². The largest absolute Gasteiger partial charge is 0.341 e. The number of piperidine rings is 1. The fraction of sp³-hybridized carbons (Fsp3) is 0.350. The number of hydrogen-bond acceptors (Lipinski definition) is 6. The molecule has 0 spiro atoms. The van der Waals surface area contributed by atoms with E-state index in [-0.39, 0.29) is 0 Å². The van der Waals surface area contributed by atoms with Gasteiger partial charge in [-0.25, -0.2) is 15.0 Å². The van der Waals surface area contributed by atoms with Crippen molar-refractivity contribution in [2.24, 2.45) is 0 Å². The molecule has 1 aliphatic heterocycles. The van der Waals surface area contributed by atoms with E-state index in [0.29, 0.717) is 11.1 Å². The van der Waals surface area contributed by atoms with Crippen LogP contribution in [0.1, 0.15) is 18.5 Å². The Bertz CT molecular complexity index is 860. The molecule has 2 aromatic heterocycles. The molecule has 3 aromatic rings. The van der Waals surface area contributed by atoms with E-state index in [1.807, 2.05) is 6.07 Å². The highest BCUT2D eigenvalue weighted by molar-refractivity contribution is 7.13. The van der Waals surface area contributed by atoms with E-state index in [0.717, 1.165) is 49.1 Å². The van der Waals surface area contributed by atoms with Crippen LogP contribution in [0.5, 0.6) is 0 Å². The predicted octanol–water partition coefficient (Wildman–Crippen LogP) is 4.35. The highest BCUT2D eigenvalue weighted by atomic mass is 35.5. The molecule has 5 nitrogen and oxygen atoms in total. The molecule has 0 unspecified atom stereocenters. The highest BCUT2D eigenvalue weighted by Gasteiger charge is 2.24. The molecule has 0 aliphatic carbocycles. The Labute approximate surface area is 168 Å². The van der Waals surface area contributed by atoms with Crippen LogP contribution in [0.15, 0.2) is 48.1 Å². The van der Waals surface area contributed by atoms with Gasteiger partial charge in [0.2, 0.25) is 5.95 Å². The van der Waals surface area contributed by atoms with Gasteiger partial charge >= 0.3 is 0 Å². The van der Waals surface area contributed by atoms with Crippen molar-refractivity contribution in [2.75, 3.05) is 25.0 Å². The first-order valence-electron chi connectivity index (χ1n) is 9.11. The topological polar surface area (TPSA) is 45.2 Å². The SMILES string of the molecule is CN(c1ncc(Cl)cn1)C1CCN(Cc2csc(-c3ccccc3)n2)CC1. The van der Waals surface area contributed by atoms with Crippen molar-refractivity contribution in [3.63, 3.8) is 0 Å². The molecule has 0 amide bonds. The summed E-state index contributed by atoms with van der Waals surface area (Å²) >= 11 is 7.61. The average molecular weight is 400 g/mol. The van der Waals surface area contributed by atoms with Gasteiger partial charge in [-0.1, -0.05) is 41.9 Å². The Kier molecular flexibility index (Phi) is 5.66. The second-order valence-electron chi connectivity index (χ2n) is 6.83. The highest BCUT2D eigenvalue weighted by Crippen LogP contribution is 2.25. The average Bonchev–Trinajstić information content (AvgIpc) is 3.18. The molecule has 1 aromatic carbocycles. The second-order valence-corrected chi connectivity index (χ2v) is 8.12. The molecule has 140 valence electrons. The van der Waals surface area contributed by atoms with Gasteiger partial charge in [0.05, 0.1) is 23.1 Å². The molecule has 4 rings (SSSR count). The molecule has 1 aliphatic rings. The quantitative estimate of drug-likeness (QED) is 0.638. The Hall–Kier alpha value is -2.02. The summed E-state index contributed by atoms with van der Waals surface area (Å²) in [6, 6.07) is 10.8. The minimum absolute atomic E-state index is 0.456. The van der Waals surface area contributed by atoms with Gasteiger partial charge in [-0.3, -0.25) is 4.90 Å². The molecule has 1 saturated heterocycles. The van der Waals surface area contributed by atoms with Gasteiger partial charge in [0.1, 0.15) is 5.01 Å². The Morgan fingerprint density at radius 2 is 1.85 bits per heavy atom. The molecule has 27 heavy (non-hydrogen) atoms. The maximum Gasteiger partial charge on any atom is 0.225 e. The van der Waals surface area contributed by atoms with E-state index < -0.39 is 0 Å². The maximum absolute atomic E-state index is 5.88. The fourth-order valence-corrected chi connectivity index (χ4v) is 4.35. The summed E-state index contributed by atoms with van der Waals surface area (Å²) in [4.78, 5) is 18.1. The number of hydrogen-bond donors (Lipinski definition) is 0. The number of halogens is 1. The molecule has 0 saturated carbocycles. The maximum atomic E-state index is 5.88. The molecule has 0 N–H and O–H groups in total. The van der Waals surface area contributed by atoms with E-state index in [4.69, 9.17) is 16.6 Å². The zero-order valence-corrected chi connectivity index (χ0v) is 16.8. The predicted molar refractivity (Wildman–Crippen MR) is 111 cm³/mol. The molecule has 3 heterocycles. The van der Waals surface area contributed by atoms with E-state index in [9.17, 15) is 0 Å². The van der Waals surface area contributed by atoms with Crippen molar-refractivity contribution < 1.29 is 0 Å². The standard InChI is InChI=1S/C20H22ClN5S/c1-25(20-22-11-16(21)12-23-20)18-7-9-26(10-8-18)13-17-14-27-19(24-17)15-5-3-2-4-6-15/h2-6,11-12,14,18H,7-10,13H2,1H3. The third kappa shape index (κ3) is 4.46. The van der Waals surface area contributed by atoms with Crippen LogP contribution < -0.4 is 4.90 Å². The second kappa shape index (κ2) is 8.33. The molecular formula is C20H22ClN5S. The van der Waals surface area contributed by atoms with Crippen LogP contribution in [0.4, 0.5) is 5.95 Å². The van der Waals surface area contributed by atoms with Gasteiger partial charge in [0.15, 0.2) is 0 Å². The van der Waals surface area contributed by atoms with Crippen LogP contribution in [0, 0.1) is 0 Å². The van der Waals surface area contributed by atoms with E-state index in [1.54, 1.807) is 23.7 Å². The zero-order chi connectivity index (χ0) is 18.6. The molecule has 7 heteroatoms. The van der Waals surface area contributed by atoms with Gasteiger partial charge in [0.25, 0.3) is 0 Å². The normalized spacial score (nSPS) is 15.8. The molecular weight excluding hydrogens is 378 g/mol. The molecule has 0 atom stereocenters. The fourth-order valence-electron chi connectivity index (χ4n) is 3.44. The van der Waals surface area contributed by atoms with Crippen LogP contribution in [0.25, 0.3) is 10.6 Å². The number of benzene rings is 1. The number of anilines is 1. The summed E-state index contributed by atoms with van der Waals surface area (Å²) in [5.41, 5.74) is 2.35. The summed E-state index contributed by atoms with van der Waals surface area (Å²) < 4.78 is 0. The van der Waals surface area contributed by atoms with Gasteiger partial charge < -0.3 is 4.90 Å². The number of nitrogens with zero attached hydrogens (tertiary/aromatic N) is 5. The molecule has 1 fully saturated rings. The molecule has 0 bridgehead atoms. The Balaban J connectivity index is 1.32. The lowest BCUT2D eigenvalue weighted by Gasteiger charge is -2.36. The van der Waals surface area contributed by atoms with Gasteiger partial charge in [-0.15, -0.1) is 11.3 Å². The van der Waals surface area contributed by atoms with Crippen LogP contribution in [-0.2, 0) is 6.54 Å². The third-order valence-corrected chi connectivity index (χ3v) is 6.12. The first kappa shape index (κ1) is 18.3. The molecule has 0 radical (unpaired) electrons. The summed E-state index contributed by atoms with van der Waals surface area (Å²) in [6.45, 7) is 3.03. The van der Waals surface area contributed by atoms with Gasteiger partial charge in [-0.05, 0) is 12.8 Å². The summed E-state index contributed by atoms with van der Waals surface area (Å²) in [5, 5.41) is 3.85. The number of thiazole rings is 1. The van der Waals surface area contributed by atoms with Crippen LogP contribution in [0.2, 0.25) is 5.02 Å². The first-order valence-corrected chi connectivity index (χ1v) is 10.4. The summed E-state index contributed by atoms with van der Waals surface area (Å²) in [5.74, 6) is 0.741. The van der Waals surface area contributed by atoms with Crippen LogP contribution >= 0.6 is 22.9 Å². The zero-order valence-electron chi connectivity index (χ0n) is 15.3. The van der Waals surface area contributed by atoms with Crippen molar-refractivity contribution in [1.82, 2.24) is 19.9 Å². The van der Waals surface area contributed by atoms with Crippen molar-refractivity contribution in [2.45, 2.75) is 25.4 Å². The van der Waals surface area contributed by atoms with E-state index >= 15 is 0 Å². The minimum atomic E-state index is 0.456. The minimum Gasteiger partial charge on any atom is -0.341 e. The third-order valence-electron chi connectivity index (χ3n) is 4.99. The Morgan fingerprint density at radius 1 is 1.15 bits per heavy atom. The van der Waals surface area contributed by atoms with Crippen molar-refractivity contribution >= 4 is 28.9 Å². The Morgan fingerprint density at radius 3 is 2.56 bits per heavy atom. The van der Waals surface area contributed by atoms with E-state index in [2.05, 4.69) is 56.5 Å². The number of aromatic nitrogens is 3. The monoisotopic (exact) mass is 399 g/mol. The van der Waals surface area contributed by atoms with Gasteiger partial charge in [0, 0.05) is 43.7 Å². The van der Waals surface area contributed by atoms with Gasteiger partial charge in [-0.2, -0.15) is 0 Å². The van der Waals surface area contributed by atoms with Crippen molar-refractivity contribution in [3.05, 3.63) is 58.8 Å². The van der Waals surface area contributed by atoms with E-state index in [1.165, 1.54) is 5.56 Å². The van der Waals surface area contributed by atoms with Crippen LogP contribution in [0.3, 0.4) is 0 Å². The lowest BCUT2D eigenvalue weighted by Crippen LogP contribution is -2.43. The smallest absolute Gasteiger partial charge is 0.225 e. The number of likely N-dealkylation sites (tertiary alicyclic amines) is 1. The number of rotatable bonds is 5.